The number of rotatable bonds is 8. The Morgan fingerprint density at radius 3 is 2.53 bits per heavy atom. The van der Waals surface area contributed by atoms with Crippen molar-refractivity contribution in [2.45, 2.75) is 69.2 Å². The molecule has 2 atom stereocenters. The summed E-state index contributed by atoms with van der Waals surface area (Å²) >= 11 is 6.69. The van der Waals surface area contributed by atoms with Crippen LogP contribution < -0.4 is 4.74 Å². The monoisotopic (exact) mass is 456 g/mol. The second-order valence-electron chi connectivity index (χ2n) is 9.87. The first-order valence-corrected chi connectivity index (χ1v) is 12.4. The van der Waals surface area contributed by atoms with Gasteiger partial charge in [0.1, 0.15) is 12.4 Å². The summed E-state index contributed by atoms with van der Waals surface area (Å²) in [6.07, 6.45) is 7.22. The van der Waals surface area contributed by atoms with Crippen LogP contribution in [0.5, 0.6) is 5.75 Å². The van der Waals surface area contributed by atoms with Crippen molar-refractivity contribution in [3.05, 3.63) is 64.7 Å². The maximum absolute atomic E-state index is 11.4. The predicted molar refractivity (Wildman–Crippen MR) is 131 cm³/mol. The first kappa shape index (κ1) is 23.6. The summed E-state index contributed by atoms with van der Waals surface area (Å²) in [5, 5.41) is 12.0. The Kier molecular flexibility index (Phi) is 7.78. The number of ether oxygens (including phenoxy) is 1. The Hall–Kier alpha value is -1.59. The van der Waals surface area contributed by atoms with Gasteiger partial charge < -0.3 is 14.7 Å². The van der Waals surface area contributed by atoms with E-state index in [4.69, 9.17) is 16.3 Å². The molecule has 1 aliphatic carbocycles. The van der Waals surface area contributed by atoms with Gasteiger partial charge in [-0.2, -0.15) is 0 Å². The molecule has 1 aliphatic heterocycles. The average molecular weight is 457 g/mol. The van der Waals surface area contributed by atoms with Crippen molar-refractivity contribution < 1.29 is 9.84 Å². The topological polar surface area (TPSA) is 35.9 Å². The molecule has 4 nitrogen and oxygen atoms in total. The zero-order valence-electron chi connectivity index (χ0n) is 19.5. The van der Waals surface area contributed by atoms with Crippen molar-refractivity contribution in [2.24, 2.45) is 0 Å². The Morgan fingerprint density at radius 2 is 1.88 bits per heavy atom. The van der Waals surface area contributed by atoms with Gasteiger partial charge in [-0.05, 0) is 63.0 Å². The van der Waals surface area contributed by atoms with Gasteiger partial charge in [0.05, 0.1) is 10.6 Å². The Labute approximate surface area is 198 Å². The summed E-state index contributed by atoms with van der Waals surface area (Å²) in [4.78, 5) is 4.87. The maximum atomic E-state index is 11.4. The van der Waals surface area contributed by atoms with E-state index >= 15 is 0 Å². The lowest BCUT2D eigenvalue weighted by Gasteiger charge is -2.39. The fourth-order valence-electron chi connectivity index (χ4n) is 5.28. The van der Waals surface area contributed by atoms with E-state index in [9.17, 15) is 5.11 Å². The van der Waals surface area contributed by atoms with Gasteiger partial charge >= 0.3 is 0 Å². The number of nitrogens with zero attached hydrogens (tertiary/aromatic N) is 2. The molecule has 2 fully saturated rings. The van der Waals surface area contributed by atoms with Crippen LogP contribution in [0.1, 0.15) is 62.1 Å². The number of halogens is 1. The lowest BCUT2D eigenvalue weighted by atomic mass is 9.79. The normalized spacial score (nSPS) is 22.2. The lowest BCUT2D eigenvalue weighted by Crippen LogP contribution is -2.39. The van der Waals surface area contributed by atoms with Crippen LogP contribution in [0, 0.1) is 0 Å². The molecule has 0 amide bonds. The minimum atomic E-state index is -0.575. The molecule has 0 aromatic heterocycles. The summed E-state index contributed by atoms with van der Waals surface area (Å²) in [5.74, 6) is 0.710. The number of hydrogen-bond acceptors (Lipinski definition) is 4. The third-order valence-corrected chi connectivity index (χ3v) is 7.60. The number of likely N-dealkylation sites (N-methyl/N-ethyl adjacent to an activating group) is 1. The van der Waals surface area contributed by atoms with Crippen LogP contribution in [-0.2, 0) is 6.61 Å². The predicted octanol–water partition coefficient (Wildman–Crippen LogP) is 5.68. The van der Waals surface area contributed by atoms with E-state index < -0.39 is 5.60 Å². The molecule has 1 N–H and O–H groups in total. The van der Waals surface area contributed by atoms with E-state index in [0.717, 1.165) is 57.2 Å². The summed E-state index contributed by atoms with van der Waals surface area (Å²) < 4.78 is 6.00. The molecular formula is C27H37ClN2O2. The van der Waals surface area contributed by atoms with Gasteiger partial charge in [0.25, 0.3) is 0 Å². The van der Waals surface area contributed by atoms with Gasteiger partial charge in [-0.3, -0.25) is 4.90 Å². The molecule has 1 saturated carbocycles. The van der Waals surface area contributed by atoms with Gasteiger partial charge in [0.15, 0.2) is 0 Å². The van der Waals surface area contributed by atoms with Crippen molar-refractivity contribution >= 4 is 11.6 Å². The molecule has 32 heavy (non-hydrogen) atoms. The molecule has 5 heteroatoms. The fourth-order valence-corrected chi connectivity index (χ4v) is 5.52. The SMILES string of the molecule is CN(C)[C@@H]1CCN(C(CC2(O)CCCCC2)c2ccc(OCc3ccccc3)c(Cl)c2)C1. The Bertz CT molecular complexity index is 867. The average Bonchev–Trinajstić information content (AvgIpc) is 3.28. The molecule has 0 spiro atoms. The molecule has 4 rings (SSSR count). The zero-order valence-corrected chi connectivity index (χ0v) is 20.2. The van der Waals surface area contributed by atoms with Crippen LogP contribution >= 0.6 is 11.6 Å². The van der Waals surface area contributed by atoms with E-state index in [1.165, 1.54) is 12.0 Å². The summed E-state index contributed by atoms with van der Waals surface area (Å²) in [6, 6.07) is 17.1. The molecule has 0 radical (unpaired) electrons. The lowest BCUT2D eigenvalue weighted by molar-refractivity contribution is -0.0260. The molecule has 1 saturated heterocycles. The van der Waals surface area contributed by atoms with Crippen molar-refractivity contribution in [1.82, 2.24) is 9.80 Å². The van der Waals surface area contributed by atoms with Crippen LogP contribution in [0.4, 0.5) is 0 Å². The zero-order chi connectivity index (χ0) is 22.6. The number of hydrogen-bond donors (Lipinski definition) is 1. The Morgan fingerprint density at radius 1 is 1.12 bits per heavy atom. The highest BCUT2D eigenvalue weighted by molar-refractivity contribution is 6.32. The maximum Gasteiger partial charge on any atom is 0.138 e. The summed E-state index contributed by atoms with van der Waals surface area (Å²) in [5.41, 5.74) is 1.73. The van der Waals surface area contributed by atoms with Crippen LogP contribution in [0.25, 0.3) is 0 Å². The molecule has 0 bridgehead atoms. The van der Waals surface area contributed by atoms with Gasteiger partial charge in [-0.25, -0.2) is 0 Å². The standard InChI is InChI=1S/C27H37ClN2O2/c1-29(2)23-13-16-30(19-23)25(18-27(31)14-7-4-8-15-27)22-11-12-26(24(28)17-22)32-20-21-9-5-3-6-10-21/h3,5-6,9-12,17,23,25,31H,4,7-8,13-16,18-20H2,1-2H3/t23-,25?/m1/s1. The first-order chi connectivity index (χ1) is 15.4. The smallest absolute Gasteiger partial charge is 0.138 e. The molecule has 1 unspecified atom stereocenters. The largest absolute Gasteiger partial charge is 0.487 e. The van der Waals surface area contributed by atoms with Gasteiger partial charge in [0.2, 0.25) is 0 Å². The third kappa shape index (κ3) is 5.85. The van der Waals surface area contributed by atoms with Crippen LogP contribution in [0.2, 0.25) is 5.02 Å². The van der Waals surface area contributed by atoms with E-state index in [2.05, 4.69) is 48.2 Å². The second-order valence-corrected chi connectivity index (χ2v) is 10.3. The van der Waals surface area contributed by atoms with Crippen LogP contribution in [-0.4, -0.2) is 53.7 Å². The molecule has 174 valence electrons. The van der Waals surface area contributed by atoms with Crippen molar-refractivity contribution in [1.29, 1.82) is 0 Å². The Balaban J connectivity index is 1.52. The highest BCUT2D eigenvalue weighted by atomic mass is 35.5. The van der Waals surface area contributed by atoms with Gasteiger partial charge in [-0.1, -0.05) is 67.3 Å². The van der Waals surface area contributed by atoms with Crippen molar-refractivity contribution in [3.8, 4) is 5.75 Å². The van der Waals surface area contributed by atoms with Gasteiger partial charge in [0, 0.05) is 25.2 Å². The minimum Gasteiger partial charge on any atom is -0.487 e. The fraction of sp³-hybridized carbons (Fsp3) is 0.556. The molecule has 2 aromatic carbocycles. The summed E-state index contributed by atoms with van der Waals surface area (Å²) in [7, 11) is 4.32. The molecule has 1 heterocycles. The van der Waals surface area contributed by atoms with E-state index in [1.807, 2.05) is 24.3 Å². The second kappa shape index (κ2) is 10.6. The number of benzene rings is 2. The highest BCUT2D eigenvalue weighted by Crippen LogP contribution is 2.41. The highest BCUT2D eigenvalue weighted by Gasteiger charge is 2.37. The quantitative estimate of drug-likeness (QED) is 0.554. The number of aliphatic hydroxyl groups is 1. The number of likely N-dealkylation sites (tertiary alicyclic amines) is 1. The molecular weight excluding hydrogens is 420 g/mol. The van der Waals surface area contributed by atoms with E-state index in [-0.39, 0.29) is 6.04 Å². The third-order valence-electron chi connectivity index (χ3n) is 7.30. The van der Waals surface area contributed by atoms with Crippen molar-refractivity contribution in [2.75, 3.05) is 27.2 Å². The van der Waals surface area contributed by atoms with E-state index in [0.29, 0.717) is 23.4 Å². The van der Waals surface area contributed by atoms with E-state index in [1.54, 1.807) is 0 Å². The van der Waals surface area contributed by atoms with Crippen molar-refractivity contribution in [3.63, 3.8) is 0 Å². The minimum absolute atomic E-state index is 0.170. The summed E-state index contributed by atoms with van der Waals surface area (Å²) in [6.45, 7) is 2.57. The molecule has 2 aliphatic rings. The molecule has 2 aromatic rings. The van der Waals surface area contributed by atoms with Crippen LogP contribution in [0.3, 0.4) is 0 Å². The van der Waals surface area contributed by atoms with Gasteiger partial charge in [-0.15, -0.1) is 0 Å². The van der Waals surface area contributed by atoms with Crippen LogP contribution in [0.15, 0.2) is 48.5 Å². The first-order valence-electron chi connectivity index (χ1n) is 12.0.